The molecule has 2 unspecified atom stereocenters. The lowest BCUT2D eigenvalue weighted by Gasteiger charge is -2.35. The van der Waals surface area contributed by atoms with E-state index in [1.807, 2.05) is 31.7 Å². The molecule has 9 heteroatoms. The second-order valence-electron chi connectivity index (χ2n) is 11.3. The van der Waals surface area contributed by atoms with Crippen LogP contribution in [0.5, 0.6) is 0 Å². The molecule has 39 heavy (non-hydrogen) atoms. The quantitative estimate of drug-likeness (QED) is 0.295. The van der Waals surface area contributed by atoms with Crippen molar-refractivity contribution in [1.29, 1.82) is 0 Å². The van der Waals surface area contributed by atoms with E-state index in [0.717, 1.165) is 62.7 Å². The summed E-state index contributed by atoms with van der Waals surface area (Å²) in [7, 11) is 0. The fourth-order valence-corrected chi connectivity index (χ4v) is 5.51. The number of halogens is 3. The molecule has 1 aliphatic heterocycles. The average Bonchev–Trinajstić information content (AvgIpc) is 2.81. The Hall–Kier alpha value is -2.68. The number of nitrogens with one attached hydrogen (secondary N) is 2. The first-order valence-corrected chi connectivity index (χ1v) is 14.4. The highest BCUT2D eigenvalue weighted by molar-refractivity contribution is 6.12. The fourth-order valence-electron chi connectivity index (χ4n) is 5.51. The third-order valence-corrected chi connectivity index (χ3v) is 8.45. The zero-order valence-corrected chi connectivity index (χ0v) is 23.6. The van der Waals surface area contributed by atoms with E-state index in [-0.39, 0.29) is 29.5 Å². The number of aromatic nitrogens is 1. The number of nitrogens with zero attached hydrogens (tertiary/aromatic N) is 3. The number of piperazine rings is 1. The van der Waals surface area contributed by atoms with Crippen LogP contribution in [-0.4, -0.2) is 42.4 Å². The van der Waals surface area contributed by atoms with Crippen molar-refractivity contribution in [1.82, 2.24) is 15.6 Å². The van der Waals surface area contributed by atoms with Crippen molar-refractivity contribution in [2.75, 3.05) is 24.5 Å². The molecule has 6 nitrogen and oxygen atoms in total. The zero-order valence-electron chi connectivity index (χ0n) is 23.6. The van der Waals surface area contributed by atoms with Gasteiger partial charge < -0.3 is 15.5 Å². The number of amidine groups is 1. The Kier molecular flexibility index (Phi) is 9.51. The van der Waals surface area contributed by atoms with Crippen molar-refractivity contribution in [2.45, 2.75) is 84.9 Å². The molecular weight excluding hydrogens is 503 g/mol. The summed E-state index contributed by atoms with van der Waals surface area (Å²) in [5.41, 5.74) is 0.964. The molecule has 214 valence electrons. The van der Waals surface area contributed by atoms with Crippen LogP contribution < -0.4 is 15.5 Å². The SMILES string of the molecule is CC/C=C/N=C(NC(=O)C1CCC1)/C(=C(\C)c1cc(C(F)(F)F)cc(N2CCNC(C)C2)n1)C(C)C1CCC1. The van der Waals surface area contributed by atoms with E-state index < -0.39 is 11.7 Å². The molecular formula is C30H42F3N5O. The highest BCUT2D eigenvalue weighted by atomic mass is 19.4. The van der Waals surface area contributed by atoms with Gasteiger partial charge in [0.1, 0.15) is 11.7 Å². The highest BCUT2D eigenvalue weighted by Crippen LogP contribution is 2.41. The van der Waals surface area contributed by atoms with E-state index in [9.17, 15) is 18.0 Å². The predicted molar refractivity (Wildman–Crippen MR) is 150 cm³/mol. The number of aliphatic imine (C=N–C) groups is 1. The lowest BCUT2D eigenvalue weighted by atomic mass is 9.72. The van der Waals surface area contributed by atoms with E-state index in [0.29, 0.717) is 42.8 Å². The van der Waals surface area contributed by atoms with Gasteiger partial charge in [-0.05, 0) is 75.5 Å². The molecule has 4 rings (SSSR count). The van der Waals surface area contributed by atoms with Gasteiger partial charge in [0.15, 0.2) is 0 Å². The monoisotopic (exact) mass is 545 g/mol. The summed E-state index contributed by atoms with van der Waals surface area (Å²) >= 11 is 0. The van der Waals surface area contributed by atoms with Gasteiger partial charge in [-0.2, -0.15) is 13.2 Å². The molecule has 1 aromatic heterocycles. The summed E-state index contributed by atoms with van der Waals surface area (Å²) in [5.74, 6) is 1.04. The van der Waals surface area contributed by atoms with Crippen LogP contribution in [0.1, 0.15) is 83.9 Å². The Morgan fingerprint density at radius 3 is 2.54 bits per heavy atom. The topological polar surface area (TPSA) is 69.6 Å². The molecule has 0 radical (unpaired) electrons. The largest absolute Gasteiger partial charge is 0.416 e. The van der Waals surface area contributed by atoms with Gasteiger partial charge in [-0.15, -0.1) is 0 Å². The molecule has 1 amide bonds. The first kappa shape index (κ1) is 29.3. The van der Waals surface area contributed by atoms with Crippen LogP contribution in [0.3, 0.4) is 0 Å². The third kappa shape index (κ3) is 7.10. The number of alkyl halides is 3. The molecule has 0 spiro atoms. The summed E-state index contributed by atoms with van der Waals surface area (Å²) in [4.78, 5) is 24.4. The van der Waals surface area contributed by atoms with E-state index in [2.05, 4.69) is 22.5 Å². The number of anilines is 1. The summed E-state index contributed by atoms with van der Waals surface area (Å²) in [6.45, 7) is 9.78. The fraction of sp³-hybridized carbons (Fsp3) is 0.633. The van der Waals surface area contributed by atoms with Crippen molar-refractivity contribution in [3.8, 4) is 0 Å². The predicted octanol–water partition coefficient (Wildman–Crippen LogP) is 6.35. The minimum absolute atomic E-state index is 0.00761. The van der Waals surface area contributed by atoms with E-state index >= 15 is 0 Å². The minimum Gasteiger partial charge on any atom is -0.354 e. The van der Waals surface area contributed by atoms with Gasteiger partial charge in [-0.25, -0.2) is 9.98 Å². The number of carbonyl (C=O) groups is 1. The molecule has 3 aliphatic rings. The first-order chi connectivity index (χ1) is 18.6. The van der Waals surface area contributed by atoms with Crippen LogP contribution in [0, 0.1) is 17.8 Å². The minimum atomic E-state index is -4.51. The Bertz CT molecular complexity index is 1120. The maximum absolute atomic E-state index is 14.1. The standard InChI is InChI=1S/C30H42F3N5O/c1-5-6-13-35-28(37-29(39)23-11-8-12-23)27(20(3)22-9-7-10-22)21(4)25-16-24(30(31,32)33)17-26(36-25)38-15-14-34-19(2)18-38/h6,13,16-17,19-20,22-23,34H,5,7-12,14-15,18H2,1-4H3,(H,35,37,39)/b13-6+,27-21+. The number of allylic oxidation sites excluding steroid dienone is 2. The lowest BCUT2D eigenvalue weighted by Crippen LogP contribution is -2.49. The molecule has 0 bridgehead atoms. The normalized spacial score (nSPS) is 22.8. The van der Waals surface area contributed by atoms with Gasteiger partial charge in [-0.3, -0.25) is 4.79 Å². The molecule has 2 aliphatic carbocycles. The molecule has 2 N–H and O–H groups in total. The van der Waals surface area contributed by atoms with Gasteiger partial charge in [0, 0.05) is 43.4 Å². The van der Waals surface area contributed by atoms with Gasteiger partial charge in [0.25, 0.3) is 0 Å². The molecule has 0 aromatic carbocycles. The Morgan fingerprint density at radius 1 is 1.26 bits per heavy atom. The maximum atomic E-state index is 14.1. The lowest BCUT2D eigenvalue weighted by molar-refractivity contribution is -0.137. The van der Waals surface area contributed by atoms with Gasteiger partial charge in [-0.1, -0.05) is 32.8 Å². The van der Waals surface area contributed by atoms with Crippen LogP contribution in [0.15, 0.2) is 35.0 Å². The number of hydrogen-bond donors (Lipinski definition) is 2. The van der Waals surface area contributed by atoms with E-state index in [1.54, 1.807) is 6.20 Å². The van der Waals surface area contributed by atoms with Crippen LogP contribution in [-0.2, 0) is 11.0 Å². The van der Waals surface area contributed by atoms with Crippen LogP contribution in [0.25, 0.3) is 5.57 Å². The number of pyridine rings is 1. The molecule has 2 heterocycles. The Morgan fingerprint density at radius 2 is 1.97 bits per heavy atom. The summed E-state index contributed by atoms with van der Waals surface area (Å²) in [5, 5.41) is 6.41. The van der Waals surface area contributed by atoms with Crippen molar-refractivity contribution in [3.05, 3.63) is 41.2 Å². The second kappa shape index (κ2) is 12.7. The first-order valence-electron chi connectivity index (χ1n) is 14.4. The van der Waals surface area contributed by atoms with Gasteiger partial charge >= 0.3 is 6.18 Å². The Labute approximate surface area is 230 Å². The third-order valence-electron chi connectivity index (χ3n) is 8.45. The van der Waals surface area contributed by atoms with Crippen molar-refractivity contribution < 1.29 is 18.0 Å². The van der Waals surface area contributed by atoms with Crippen molar-refractivity contribution in [3.63, 3.8) is 0 Å². The second-order valence-corrected chi connectivity index (χ2v) is 11.3. The molecule has 3 fully saturated rings. The van der Waals surface area contributed by atoms with Crippen LogP contribution in [0.2, 0.25) is 0 Å². The summed E-state index contributed by atoms with van der Waals surface area (Å²) < 4.78 is 42.3. The van der Waals surface area contributed by atoms with Crippen LogP contribution >= 0.6 is 0 Å². The molecule has 2 atom stereocenters. The molecule has 1 saturated heterocycles. The average molecular weight is 546 g/mol. The number of amides is 1. The Balaban J connectivity index is 1.84. The summed E-state index contributed by atoms with van der Waals surface area (Å²) in [6, 6.07) is 2.45. The van der Waals surface area contributed by atoms with Crippen molar-refractivity contribution >= 4 is 23.1 Å². The number of hydrogen-bond acceptors (Lipinski definition) is 5. The number of carbonyl (C=O) groups excluding carboxylic acids is 1. The zero-order chi connectivity index (χ0) is 28.2. The molecule has 1 aromatic rings. The van der Waals surface area contributed by atoms with E-state index in [4.69, 9.17) is 4.98 Å². The smallest absolute Gasteiger partial charge is 0.354 e. The number of rotatable bonds is 8. The maximum Gasteiger partial charge on any atom is 0.416 e. The highest BCUT2D eigenvalue weighted by Gasteiger charge is 2.35. The van der Waals surface area contributed by atoms with Gasteiger partial charge in [0.05, 0.1) is 11.3 Å². The van der Waals surface area contributed by atoms with Crippen LogP contribution in [0.4, 0.5) is 19.0 Å². The van der Waals surface area contributed by atoms with E-state index in [1.165, 1.54) is 0 Å². The summed E-state index contributed by atoms with van der Waals surface area (Å²) in [6.07, 6.45) is 5.82. The molecule has 2 saturated carbocycles. The van der Waals surface area contributed by atoms with Gasteiger partial charge in [0.2, 0.25) is 5.91 Å². The van der Waals surface area contributed by atoms with Crippen molar-refractivity contribution in [2.24, 2.45) is 22.7 Å².